The van der Waals surface area contributed by atoms with Crippen LogP contribution in [-0.4, -0.2) is 32.2 Å². The molecule has 2 N–H and O–H groups in total. The molecule has 0 saturated heterocycles. The van der Waals surface area contributed by atoms with E-state index in [-0.39, 0.29) is 19.4 Å². The van der Waals surface area contributed by atoms with Gasteiger partial charge in [0.15, 0.2) is 11.5 Å². The highest BCUT2D eigenvalue weighted by molar-refractivity contribution is 5.55. The van der Waals surface area contributed by atoms with E-state index in [2.05, 4.69) is 5.32 Å². The van der Waals surface area contributed by atoms with Crippen LogP contribution in [-0.2, 0) is 0 Å². The minimum absolute atomic E-state index is 0.0865. The Hall–Kier alpha value is -1.46. The Balaban J connectivity index is 2.32. The van der Waals surface area contributed by atoms with Crippen molar-refractivity contribution < 1.29 is 19.3 Å². The average Bonchev–Trinajstić information content (AvgIpc) is 2.85. The van der Waals surface area contributed by atoms with E-state index in [9.17, 15) is 0 Å². The topological polar surface area (TPSA) is 60.0 Å². The van der Waals surface area contributed by atoms with Gasteiger partial charge in [0.05, 0.1) is 7.11 Å². The zero-order valence-electron chi connectivity index (χ0n) is 10.7. The van der Waals surface area contributed by atoms with Crippen LogP contribution in [0.3, 0.4) is 0 Å². The first-order valence-corrected chi connectivity index (χ1v) is 6.12. The molecule has 5 nitrogen and oxygen atoms in total. The van der Waals surface area contributed by atoms with E-state index >= 15 is 0 Å². The smallest absolute Gasteiger partial charge is 0.231 e. The number of nitrogens with one attached hydrogen (secondary N) is 1. The number of aliphatic hydroxyl groups excluding tert-OH is 1. The van der Waals surface area contributed by atoms with E-state index in [0.717, 1.165) is 12.1 Å². The highest BCUT2D eigenvalue weighted by Gasteiger charge is 2.22. The van der Waals surface area contributed by atoms with Crippen LogP contribution in [0.2, 0.25) is 0 Å². The van der Waals surface area contributed by atoms with Crippen molar-refractivity contribution in [2.24, 2.45) is 0 Å². The molecule has 1 heterocycles. The third-order valence-corrected chi connectivity index (χ3v) is 2.95. The molecule has 0 aliphatic carbocycles. The normalized spacial score (nSPS) is 14.6. The Kier molecular flexibility index (Phi) is 4.28. The highest BCUT2D eigenvalue weighted by Crippen LogP contribution is 2.43. The van der Waals surface area contributed by atoms with Gasteiger partial charge in [-0.3, -0.25) is 0 Å². The summed E-state index contributed by atoms with van der Waals surface area (Å²) < 4.78 is 16.1. The molecule has 2 rings (SSSR count). The van der Waals surface area contributed by atoms with E-state index in [1.165, 1.54) is 0 Å². The van der Waals surface area contributed by atoms with E-state index in [4.69, 9.17) is 19.3 Å². The molecule has 100 valence electrons. The summed E-state index contributed by atoms with van der Waals surface area (Å²) in [5.41, 5.74) is 1.03. The first kappa shape index (κ1) is 13.0. The predicted molar refractivity (Wildman–Crippen MR) is 67.2 cm³/mol. The van der Waals surface area contributed by atoms with Gasteiger partial charge in [0, 0.05) is 12.6 Å². The molecule has 0 radical (unpaired) electrons. The molecule has 1 aromatic rings. The van der Waals surface area contributed by atoms with Gasteiger partial charge in [0.25, 0.3) is 0 Å². The largest absolute Gasteiger partial charge is 0.493 e. The summed E-state index contributed by atoms with van der Waals surface area (Å²) in [5.74, 6) is 2.02. The number of benzene rings is 1. The summed E-state index contributed by atoms with van der Waals surface area (Å²) >= 11 is 0. The molecule has 1 aliphatic rings. The van der Waals surface area contributed by atoms with Crippen molar-refractivity contribution in [3.05, 3.63) is 17.7 Å². The number of aliphatic hydroxyl groups is 1. The summed E-state index contributed by atoms with van der Waals surface area (Å²) in [4.78, 5) is 0. The van der Waals surface area contributed by atoms with Gasteiger partial charge in [0.2, 0.25) is 12.5 Å². The highest BCUT2D eigenvalue weighted by atomic mass is 16.7. The first-order valence-electron chi connectivity index (χ1n) is 6.12. The summed E-state index contributed by atoms with van der Waals surface area (Å²) in [6, 6.07) is 3.95. The second kappa shape index (κ2) is 5.93. The van der Waals surface area contributed by atoms with Crippen LogP contribution >= 0.6 is 0 Å². The van der Waals surface area contributed by atoms with E-state index in [0.29, 0.717) is 23.7 Å². The van der Waals surface area contributed by atoms with E-state index in [1.54, 1.807) is 7.11 Å². The van der Waals surface area contributed by atoms with E-state index < -0.39 is 0 Å². The summed E-state index contributed by atoms with van der Waals surface area (Å²) in [7, 11) is 1.61. The predicted octanol–water partition coefficient (Wildman–Crippen LogP) is 1.46. The maximum absolute atomic E-state index is 9.12. The summed E-state index contributed by atoms with van der Waals surface area (Å²) in [5, 5.41) is 12.4. The van der Waals surface area contributed by atoms with Crippen molar-refractivity contribution in [1.82, 2.24) is 5.32 Å². The zero-order chi connectivity index (χ0) is 13.0. The van der Waals surface area contributed by atoms with Crippen molar-refractivity contribution in [2.45, 2.75) is 19.4 Å². The lowest BCUT2D eigenvalue weighted by molar-refractivity contribution is 0.171. The number of methoxy groups -OCH3 is 1. The molecule has 0 aromatic heterocycles. The van der Waals surface area contributed by atoms with Crippen LogP contribution in [0.25, 0.3) is 0 Å². The second-order valence-electron chi connectivity index (χ2n) is 4.08. The Morgan fingerprint density at radius 3 is 2.94 bits per heavy atom. The number of fused-ring (bicyclic) bond motifs is 1. The van der Waals surface area contributed by atoms with Gasteiger partial charge in [0.1, 0.15) is 0 Å². The maximum Gasteiger partial charge on any atom is 0.231 e. The molecular formula is C13H19NO4. The molecule has 0 amide bonds. The van der Waals surface area contributed by atoms with Crippen molar-refractivity contribution in [2.75, 3.05) is 27.1 Å². The lowest BCUT2D eigenvalue weighted by atomic mass is 10.0. The first-order chi connectivity index (χ1) is 8.80. The Labute approximate surface area is 107 Å². The third-order valence-electron chi connectivity index (χ3n) is 2.95. The lowest BCUT2D eigenvalue weighted by Crippen LogP contribution is -2.21. The van der Waals surface area contributed by atoms with Crippen molar-refractivity contribution in [3.63, 3.8) is 0 Å². The van der Waals surface area contributed by atoms with Crippen LogP contribution in [0.1, 0.15) is 24.9 Å². The van der Waals surface area contributed by atoms with Crippen LogP contribution in [0.4, 0.5) is 0 Å². The van der Waals surface area contributed by atoms with Crippen LogP contribution in [0, 0.1) is 0 Å². The Bertz CT molecular complexity index is 402. The molecule has 18 heavy (non-hydrogen) atoms. The monoisotopic (exact) mass is 253 g/mol. The van der Waals surface area contributed by atoms with Gasteiger partial charge in [-0.05, 0) is 30.7 Å². The fraction of sp³-hybridized carbons (Fsp3) is 0.538. The van der Waals surface area contributed by atoms with Crippen molar-refractivity contribution in [1.29, 1.82) is 0 Å². The molecule has 1 aliphatic heterocycles. The number of hydrogen-bond donors (Lipinski definition) is 2. The lowest BCUT2D eigenvalue weighted by Gasteiger charge is -2.18. The van der Waals surface area contributed by atoms with Crippen LogP contribution < -0.4 is 19.5 Å². The Morgan fingerprint density at radius 1 is 1.44 bits per heavy atom. The Morgan fingerprint density at radius 2 is 2.28 bits per heavy atom. The minimum atomic E-state index is 0.0865. The number of ether oxygens (including phenoxy) is 3. The second-order valence-corrected chi connectivity index (χ2v) is 4.08. The van der Waals surface area contributed by atoms with Gasteiger partial charge in [-0.1, -0.05) is 6.92 Å². The van der Waals surface area contributed by atoms with Crippen molar-refractivity contribution >= 4 is 0 Å². The summed E-state index contributed by atoms with van der Waals surface area (Å²) in [6.45, 7) is 3.23. The maximum atomic E-state index is 9.12. The van der Waals surface area contributed by atoms with Crippen molar-refractivity contribution in [3.8, 4) is 17.2 Å². The standard InChI is InChI=1S/C13H19NO4/c1-3-14-10(4-5-15)9-6-11(16-2)13-12(7-9)17-8-18-13/h6-7,10,14-15H,3-5,8H2,1-2H3. The molecule has 0 bridgehead atoms. The molecule has 0 saturated carbocycles. The van der Waals surface area contributed by atoms with Gasteiger partial charge in [-0.25, -0.2) is 0 Å². The number of rotatable bonds is 6. The van der Waals surface area contributed by atoms with Gasteiger partial charge < -0.3 is 24.6 Å². The molecular weight excluding hydrogens is 234 g/mol. The number of hydrogen-bond acceptors (Lipinski definition) is 5. The fourth-order valence-corrected chi connectivity index (χ4v) is 2.11. The molecule has 5 heteroatoms. The molecule has 0 spiro atoms. The zero-order valence-corrected chi connectivity index (χ0v) is 10.7. The SMILES string of the molecule is CCNC(CCO)c1cc(OC)c2c(c1)OCO2. The van der Waals surface area contributed by atoms with Crippen LogP contribution in [0.5, 0.6) is 17.2 Å². The molecule has 1 aromatic carbocycles. The minimum Gasteiger partial charge on any atom is -0.493 e. The van der Waals surface area contributed by atoms with E-state index in [1.807, 2.05) is 19.1 Å². The average molecular weight is 253 g/mol. The van der Waals surface area contributed by atoms with Gasteiger partial charge >= 0.3 is 0 Å². The fourth-order valence-electron chi connectivity index (χ4n) is 2.11. The molecule has 0 fully saturated rings. The van der Waals surface area contributed by atoms with Gasteiger partial charge in [-0.2, -0.15) is 0 Å². The third kappa shape index (κ3) is 2.52. The van der Waals surface area contributed by atoms with Gasteiger partial charge in [-0.15, -0.1) is 0 Å². The van der Waals surface area contributed by atoms with Crippen LogP contribution in [0.15, 0.2) is 12.1 Å². The molecule has 1 atom stereocenters. The summed E-state index contributed by atoms with van der Waals surface area (Å²) in [6.07, 6.45) is 0.649. The quantitative estimate of drug-likeness (QED) is 0.803. The molecule has 1 unspecified atom stereocenters.